The molecule has 1 aliphatic rings. The van der Waals surface area contributed by atoms with Gasteiger partial charge in [-0.15, -0.1) is 0 Å². The van der Waals surface area contributed by atoms with Gasteiger partial charge in [0.15, 0.2) is 11.5 Å². The number of piperidine rings is 1. The minimum atomic E-state index is -3.94. The third kappa shape index (κ3) is 4.59. The highest BCUT2D eigenvalue weighted by molar-refractivity contribution is 7.87. The van der Waals surface area contributed by atoms with Crippen LogP contribution in [0.3, 0.4) is 0 Å². The van der Waals surface area contributed by atoms with Crippen molar-refractivity contribution in [2.24, 2.45) is 0 Å². The molecule has 144 valence electrons. The molecule has 0 N–H and O–H groups in total. The summed E-state index contributed by atoms with van der Waals surface area (Å²) in [5.41, 5.74) is 1.80. The van der Waals surface area contributed by atoms with Crippen LogP contribution in [0.2, 0.25) is 0 Å². The molecule has 0 atom stereocenters. The molecule has 1 saturated heterocycles. The molecular formula is C20H23NO4S2. The number of aryl methyl sites for hydroxylation is 1. The average Bonchev–Trinajstić information content (AvgIpc) is 2.68. The maximum Gasteiger partial charge on any atom is 0.339 e. The fourth-order valence-corrected chi connectivity index (χ4v) is 4.27. The van der Waals surface area contributed by atoms with Crippen LogP contribution in [0.4, 0.5) is 0 Å². The van der Waals surface area contributed by atoms with Crippen LogP contribution in [0.1, 0.15) is 30.4 Å². The van der Waals surface area contributed by atoms with Crippen LogP contribution < -0.4 is 8.92 Å². The Bertz CT molecular complexity index is 917. The number of benzene rings is 2. The van der Waals surface area contributed by atoms with Gasteiger partial charge in [-0.1, -0.05) is 29.9 Å². The summed E-state index contributed by atoms with van der Waals surface area (Å²) in [7, 11) is -2.46. The summed E-state index contributed by atoms with van der Waals surface area (Å²) in [4.78, 5) is 3.03. The van der Waals surface area contributed by atoms with E-state index in [4.69, 9.17) is 21.1 Å². The lowest BCUT2D eigenvalue weighted by molar-refractivity contribution is 0.347. The molecule has 0 unspecified atom stereocenters. The topological polar surface area (TPSA) is 55.8 Å². The smallest absolute Gasteiger partial charge is 0.339 e. The Morgan fingerprint density at radius 1 is 1.00 bits per heavy atom. The average molecular weight is 406 g/mol. The number of rotatable bonds is 5. The summed E-state index contributed by atoms with van der Waals surface area (Å²) >= 11 is 5.60. The first-order valence-corrected chi connectivity index (χ1v) is 10.7. The van der Waals surface area contributed by atoms with E-state index in [9.17, 15) is 8.42 Å². The van der Waals surface area contributed by atoms with E-state index in [2.05, 4.69) is 4.90 Å². The van der Waals surface area contributed by atoms with Crippen molar-refractivity contribution in [2.75, 3.05) is 20.2 Å². The van der Waals surface area contributed by atoms with Gasteiger partial charge in [-0.2, -0.15) is 8.42 Å². The van der Waals surface area contributed by atoms with Crippen LogP contribution in [0, 0.1) is 6.92 Å². The summed E-state index contributed by atoms with van der Waals surface area (Å²) in [6.45, 7) is 3.78. The molecule has 3 rings (SSSR count). The molecule has 27 heavy (non-hydrogen) atoms. The fourth-order valence-electron chi connectivity index (χ4n) is 3.02. The van der Waals surface area contributed by atoms with E-state index < -0.39 is 10.1 Å². The van der Waals surface area contributed by atoms with Gasteiger partial charge >= 0.3 is 10.1 Å². The lowest BCUT2D eigenvalue weighted by atomic mass is 10.1. The van der Waals surface area contributed by atoms with Gasteiger partial charge in [0.1, 0.15) is 9.88 Å². The van der Waals surface area contributed by atoms with E-state index in [0.29, 0.717) is 5.75 Å². The summed E-state index contributed by atoms with van der Waals surface area (Å²) in [5, 5.41) is 0. The second kappa shape index (κ2) is 8.27. The molecule has 0 saturated carbocycles. The number of likely N-dealkylation sites (tertiary alicyclic amines) is 1. The lowest BCUT2D eigenvalue weighted by Gasteiger charge is -2.29. The standard InChI is InChI=1S/C20H23NO4S2/c1-15-6-9-17(10-7-15)27(22,23)25-18-11-8-16(14-19(18)24-2)20(26)21-12-4-3-5-13-21/h6-11,14H,3-5,12-13H2,1-2H3. The van der Waals surface area contributed by atoms with Crippen molar-refractivity contribution in [2.45, 2.75) is 31.1 Å². The Hall–Kier alpha value is -2.12. The van der Waals surface area contributed by atoms with Crippen molar-refractivity contribution in [3.05, 3.63) is 53.6 Å². The van der Waals surface area contributed by atoms with E-state index >= 15 is 0 Å². The van der Waals surface area contributed by atoms with E-state index in [1.165, 1.54) is 25.7 Å². The number of thiocarbonyl (C=S) groups is 1. The third-order valence-corrected chi connectivity index (χ3v) is 6.31. The van der Waals surface area contributed by atoms with Gasteiger partial charge in [-0.25, -0.2) is 0 Å². The van der Waals surface area contributed by atoms with Crippen molar-refractivity contribution >= 4 is 27.3 Å². The molecule has 0 aromatic heterocycles. The van der Waals surface area contributed by atoms with Crippen LogP contribution in [0.25, 0.3) is 0 Å². The summed E-state index contributed by atoms with van der Waals surface area (Å²) in [6.07, 6.45) is 3.49. The molecule has 2 aromatic rings. The summed E-state index contributed by atoms with van der Waals surface area (Å²) < 4.78 is 35.7. The van der Waals surface area contributed by atoms with Crippen LogP contribution in [0.15, 0.2) is 47.4 Å². The monoisotopic (exact) mass is 405 g/mol. The van der Waals surface area contributed by atoms with Crippen molar-refractivity contribution < 1.29 is 17.3 Å². The highest BCUT2D eigenvalue weighted by Crippen LogP contribution is 2.31. The second-order valence-electron chi connectivity index (χ2n) is 6.57. The van der Waals surface area contributed by atoms with Gasteiger partial charge < -0.3 is 13.8 Å². The highest BCUT2D eigenvalue weighted by atomic mass is 32.2. The molecule has 0 spiro atoms. The number of methoxy groups -OCH3 is 1. The van der Waals surface area contributed by atoms with Gasteiger partial charge in [0.2, 0.25) is 0 Å². The van der Waals surface area contributed by atoms with Gasteiger partial charge in [-0.3, -0.25) is 0 Å². The summed E-state index contributed by atoms with van der Waals surface area (Å²) in [5.74, 6) is 0.478. The maximum atomic E-state index is 12.5. The zero-order valence-electron chi connectivity index (χ0n) is 15.5. The number of hydrogen-bond acceptors (Lipinski definition) is 5. The predicted octanol–water partition coefficient (Wildman–Crippen LogP) is 3.93. The molecule has 1 aliphatic heterocycles. The molecule has 5 nitrogen and oxygen atoms in total. The van der Waals surface area contributed by atoms with Gasteiger partial charge in [-0.05, 0) is 56.5 Å². The molecule has 0 aliphatic carbocycles. The predicted molar refractivity (Wildman–Crippen MR) is 109 cm³/mol. The van der Waals surface area contributed by atoms with Gasteiger partial charge in [0.25, 0.3) is 0 Å². The summed E-state index contributed by atoms with van der Waals surface area (Å²) in [6, 6.07) is 11.6. The number of ether oxygens (including phenoxy) is 1. The first-order valence-electron chi connectivity index (χ1n) is 8.89. The molecule has 1 heterocycles. The molecule has 0 radical (unpaired) electrons. The van der Waals surface area contributed by atoms with Crippen molar-refractivity contribution in [1.82, 2.24) is 4.90 Å². The molecule has 2 aromatic carbocycles. The Balaban J connectivity index is 1.84. The molecule has 7 heteroatoms. The molecule has 0 amide bonds. The number of hydrogen-bond donors (Lipinski definition) is 0. The Morgan fingerprint density at radius 2 is 1.67 bits per heavy atom. The normalized spacial score (nSPS) is 14.7. The Kier molecular flexibility index (Phi) is 6.01. The third-order valence-electron chi connectivity index (χ3n) is 4.56. The van der Waals surface area contributed by atoms with E-state index in [1.807, 2.05) is 6.92 Å². The SMILES string of the molecule is COc1cc(C(=S)N2CCCCC2)ccc1OS(=O)(=O)c1ccc(C)cc1. The molecule has 0 bridgehead atoms. The number of nitrogens with zero attached hydrogens (tertiary/aromatic N) is 1. The quantitative estimate of drug-likeness (QED) is 0.555. The second-order valence-corrected chi connectivity index (χ2v) is 8.50. The Morgan fingerprint density at radius 3 is 2.30 bits per heavy atom. The Labute approximate surface area is 166 Å². The molecule has 1 fully saturated rings. The van der Waals surface area contributed by atoms with Gasteiger partial charge in [0, 0.05) is 18.7 Å². The van der Waals surface area contributed by atoms with Gasteiger partial charge in [0.05, 0.1) is 7.11 Å². The van der Waals surface area contributed by atoms with Crippen LogP contribution >= 0.6 is 12.2 Å². The maximum absolute atomic E-state index is 12.5. The van der Waals surface area contributed by atoms with E-state index in [0.717, 1.165) is 42.0 Å². The van der Waals surface area contributed by atoms with Crippen LogP contribution in [-0.2, 0) is 10.1 Å². The first kappa shape index (κ1) is 19.6. The first-order chi connectivity index (χ1) is 12.9. The van der Waals surface area contributed by atoms with E-state index in [1.54, 1.807) is 30.3 Å². The molecular weight excluding hydrogens is 382 g/mol. The highest BCUT2D eigenvalue weighted by Gasteiger charge is 2.21. The minimum absolute atomic E-state index is 0.100. The van der Waals surface area contributed by atoms with Crippen LogP contribution in [0.5, 0.6) is 11.5 Å². The zero-order chi connectivity index (χ0) is 19.4. The fraction of sp³-hybridized carbons (Fsp3) is 0.350. The minimum Gasteiger partial charge on any atom is -0.493 e. The van der Waals surface area contributed by atoms with E-state index in [-0.39, 0.29) is 10.6 Å². The van der Waals surface area contributed by atoms with Crippen LogP contribution in [-0.4, -0.2) is 38.5 Å². The van der Waals surface area contributed by atoms with Crippen molar-refractivity contribution in [3.8, 4) is 11.5 Å². The lowest BCUT2D eigenvalue weighted by Crippen LogP contribution is -2.34. The van der Waals surface area contributed by atoms with Crippen molar-refractivity contribution in [3.63, 3.8) is 0 Å². The largest absolute Gasteiger partial charge is 0.493 e. The zero-order valence-corrected chi connectivity index (χ0v) is 17.1. The van der Waals surface area contributed by atoms with Crippen molar-refractivity contribution in [1.29, 1.82) is 0 Å².